The van der Waals surface area contributed by atoms with Crippen LogP contribution in [-0.4, -0.2) is 36.9 Å². The normalized spacial score (nSPS) is 19.8. The van der Waals surface area contributed by atoms with Gasteiger partial charge in [-0.2, -0.15) is 0 Å². The van der Waals surface area contributed by atoms with Crippen LogP contribution >= 0.6 is 0 Å². The number of likely N-dealkylation sites (tertiary alicyclic amines) is 1. The second-order valence-corrected chi connectivity index (χ2v) is 6.94. The Morgan fingerprint density at radius 3 is 2.75 bits per heavy atom. The fraction of sp³-hybridized carbons (Fsp3) is 0.476. The van der Waals surface area contributed by atoms with Crippen LogP contribution in [0.5, 0.6) is 0 Å². The fourth-order valence-corrected chi connectivity index (χ4v) is 4.01. The number of nitrogens with zero attached hydrogens (tertiary/aromatic N) is 2. The standard InChI is InChI=1S/C21H26N2O/c1-4-13-23(14-5-1)15-6-16-24-22-21-12-11-19-18-8-3-2-7-17(18)9-10-20(19)21/h2-3,7-10H,1,4-6,11-16H2/b22-21-. The minimum absolute atomic E-state index is 0.725. The zero-order valence-corrected chi connectivity index (χ0v) is 14.3. The molecule has 2 aromatic carbocycles. The maximum atomic E-state index is 5.64. The molecule has 0 N–H and O–H groups in total. The van der Waals surface area contributed by atoms with Crippen LogP contribution < -0.4 is 0 Å². The van der Waals surface area contributed by atoms with Crippen molar-refractivity contribution in [2.24, 2.45) is 5.16 Å². The summed E-state index contributed by atoms with van der Waals surface area (Å²) in [5.41, 5.74) is 3.84. The fourth-order valence-electron chi connectivity index (χ4n) is 4.01. The van der Waals surface area contributed by atoms with E-state index >= 15 is 0 Å². The van der Waals surface area contributed by atoms with E-state index in [4.69, 9.17) is 4.84 Å². The number of benzene rings is 2. The van der Waals surface area contributed by atoms with Crippen molar-refractivity contribution >= 4 is 16.5 Å². The second kappa shape index (κ2) is 7.35. The van der Waals surface area contributed by atoms with Crippen molar-refractivity contribution in [2.75, 3.05) is 26.2 Å². The Labute approximate surface area is 144 Å². The molecule has 0 bridgehead atoms. The molecule has 0 unspecified atom stereocenters. The van der Waals surface area contributed by atoms with Crippen molar-refractivity contribution < 1.29 is 4.84 Å². The molecule has 0 saturated carbocycles. The van der Waals surface area contributed by atoms with Gasteiger partial charge in [0.05, 0.1) is 5.71 Å². The molecule has 2 aromatic rings. The van der Waals surface area contributed by atoms with E-state index in [0.29, 0.717) is 0 Å². The van der Waals surface area contributed by atoms with E-state index in [1.54, 1.807) is 0 Å². The van der Waals surface area contributed by atoms with Gasteiger partial charge in [0.2, 0.25) is 0 Å². The number of hydrogen-bond acceptors (Lipinski definition) is 3. The van der Waals surface area contributed by atoms with E-state index in [1.165, 1.54) is 54.3 Å². The lowest BCUT2D eigenvalue weighted by Crippen LogP contribution is -2.31. The summed E-state index contributed by atoms with van der Waals surface area (Å²) in [7, 11) is 0. The molecule has 3 nitrogen and oxygen atoms in total. The first-order valence-electron chi connectivity index (χ1n) is 9.34. The van der Waals surface area contributed by atoms with Crippen LogP contribution in [-0.2, 0) is 11.3 Å². The molecule has 0 spiro atoms. The number of hydrogen-bond donors (Lipinski definition) is 0. The molecule has 1 saturated heterocycles. The van der Waals surface area contributed by atoms with Gasteiger partial charge in [0.1, 0.15) is 6.61 Å². The first-order chi connectivity index (χ1) is 11.9. The summed E-state index contributed by atoms with van der Waals surface area (Å²) in [6, 6.07) is 13.0. The average molecular weight is 322 g/mol. The van der Waals surface area contributed by atoms with Crippen LogP contribution in [0.2, 0.25) is 0 Å². The van der Waals surface area contributed by atoms with Crippen LogP contribution in [0.3, 0.4) is 0 Å². The molecule has 1 aliphatic carbocycles. The maximum Gasteiger partial charge on any atom is 0.118 e. The molecular formula is C21H26N2O. The van der Waals surface area contributed by atoms with Gasteiger partial charge >= 0.3 is 0 Å². The van der Waals surface area contributed by atoms with Gasteiger partial charge in [-0.05, 0) is 61.5 Å². The lowest BCUT2D eigenvalue weighted by molar-refractivity contribution is 0.124. The highest BCUT2D eigenvalue weighted by Gasteiger charge is 2.20. The molecule has 1 aliphatic heterocycles. The molecular weight excluding hydrogens is 296 g/mol. The molecule has 4 rings (SSSR count). The number of aryl methyl sites for hydroxylation is 1. The Bertz CT molecular complexity index is 732. The Balaban J connectivity index is 1.35. The number of fused-ring (bicyclic) bond motifs is 3. The third-order valence-electron chi connectivity index (χ3n) is 5.30. The van der Waals surface area contributed by atoms with E-state index < -0.39 is 0 Å². The summed E-state index contributed by atoms with van der Waals surface area (Å²) < 4.78 is 0. The Kier molecular flexibility index (Phi) is 4.79. The Morgan fingerprint density at radius 1 is 0.958 bits per heavy atom. The smallest absolute Gasteiger partial charge is 0.118 e. The predicted molar refractivity (Wildman–Crippen MR) is 99.7 cm³/mol. The predicted octanol–water partition coefficient (Wildman–Crippen LogP) is 4.38. The molecule has 1 heterocycles. The third kappa shape index (κ3) is 3.32. The largest absolute Gasteiger partial charge is 0.396 e. The Morgan fingerprint density at radius 2 is 1.83 bits per heavy atom. The van der Waals surface area contributed by atoms with Crippen LogP contribution in [0.1, 0.15) is 43.2 Å². The molecule has 0 atom stereocenters. The van der Waals surface area contributed by atoms with Crippen LogP contribution in [0, 0.1) is 0 Å². The highest BCUT2D eigenvalue weighted by molar-refractivity contribution is 6.08. The highest BCUT2D eigenvalue weighted by atomic mass is 16.6. The second-order valence-electron chi connectivity index (χ2n) is 6.94. The zero-order chi connectivity index (χ0) is 16.2. The molecule has 24 heavy (non-hydrogen) atoms. The molecule has 0 amide bonds. The van der Waals surface area contributed by atoms with Gasteiger partial charge in [0.25, 0.3) is 0 Å². The van der Waals surface area contributed by atoms with Gasteiger partial charge in [0, 0.05) is 12.1 Å². The van der Waals surface area contributed by atoms with Crippen molar-refractivity contribution in [3.8, 4) is 0 Å². The van der Waals surface area contributed by atoms with Gasteiger partial charge < -0.3 is 9.74 Å². The van der Waals surface area contributed by atoms with Crippen LogP contribution in [0.4, 0.5) is 0 Å². The van der Waals surface area contributed by atoms with Crippen molar-refractivity contribution in [1.29, 1.82) is 0 Å². The van der Waals surface area contributed by atoms with Crippen molar-refractivity contribution in [2.45, 2.75) is 38.5 Å². The van der Waals surface area contributed by atoms with Gasteiger partial charge in [-0.3, -0.25) is 0 Å². The number of piperidine rings is 1. The minimum Gasteiger partial charge on any atom is -0.396 e. The minimum atomic E-state index is 0.725. The quantitative estimate of drug-likeness (QED) is 0.603. The number of rotatable bonds is 5. The SMILES string of the molecule is c1ccc2c3c(ccc2c1)/C(=N\OCCCN1CCCCC1)CC3. The molecule has 1 fully saturated rings. The van der Waals surface area contributed by atoms with Gasteiger partial charge in [-0.15, -0.1) is 0 Å². The maximum absolute atomic E-state index is 5.64. The van der Waals surface area contributed by atoms with Crippen molar-refractivity contribution in [3.05, 3.63) is 47.5 Å². The first kappa shape index (κ1) is 15.6. The lowest BCUT2D eigenvalue weighted by atomic mass is 10.0. The van der Waals surface area contributed by atoms with Crippen LogP contribution in [0.15, 0.2) is 41.6 Å². The zero-order valence-electron chi connectivity index (χ0n) is 14.3. The van der Waals surface area contributed by atoms with E-state index in [0.717, 1.165) is 38.1 Å². The average Bonchev–Trinajstić information content (AvgIpc) is 3.06. The molecule has 126 valence electrons. The summed E-state index contributed by atoms with van der Waals surface area (Å²) in [5.74, 6) is 0. The van der Waals surface area contributed by atoms with E-state index in [9.17, 15) is 0 Å². The number of oxime groups is 1. The monoisotopic (exact) mass is 322 g/mol. The summed E-state index contributed by atoms with van der Waals surface area (Å²) in [6.07, 6.45) is 7.25. The first-order valence-corrected chi connectivity index (χ1v) is 9.34. The van der Waals surface area contributed by atoms with E-state index in [2.05, 4.69) is 46.5 Å². The summed E-state index contributed by atoms with van der Waals surface area (Å²) in [6.45, 7) is 4.39. The topological polar surface area (TPSA) is 24.8 Å². The summed E-state index contributed by atoms with van der Waals surface area (Å²) in [4.78, 5) is 8.19. The Hall–Kier alpha value is -1.87. The van der Waals surface area contributed by atoms with E-state index in [1.807, 2.05) is 0 Å². The molecule has 0 radical (unpaired) electrons. The molecule has 2 aliphatic rings. The van der Waals surface area contributed by atoms with E-state index in [-0.39, 0.29) is 0 Å². The van der Waals surface area contributed by atoms with Crippen molar-refractivity contribution in [1.82, 2.24) is 4.90 Å². The third-order valence-corrected chi connectivity index (χ3v) is 5.30. The molecule has 3 heteroatoms. The molecule has 0 aromatic heterocycles. The van der Waals surface area contributed by atoms with Gasteiger partial charge in [-0.1, -0.05) is 48.0 Å². The van der Waals surface area contributed by atoms with Gasteiger partial charge in [-0.25, -0.2) is 0 Å². The summed E-state index contributed by atoms with van der Waals surface area (Å²) >= 11 is 0. The van der Waals surface area contributed by atoms with Crippen molar-refractivity contribution in [3.63, 3.8) is 0 Å². The highest BCUT2D eigenvalue weighted by Crippen LogP contribution is 2.30. The van der Waals surface area contributed by atoms with Gasteiger partial charge in [0.15, 0.2) is 0 Å². The van der Waals surface area contributed by atoms with Crippen LogP contribution in [0.25, 0.3) is 10.8 Å². The lowest BCUT2D eigenvalue weighted by Gasteiger charge is -2.25. The summed E-state index contributed by atoms with van der Waals surface area (Å²) in [5, 5.41) is 7.14.